The molecule has 0 saturated carbocycles. The van der Waals surface area contributed by atoms with Crippen LogP contribution in [0.1, 0.15) is 20.3 Å². The molecule has 2 aliphatic heterocycles. The summed E-state index contributed by atoms with van der Waals surface area (Å²) in [6.45, 7) is 8.03. The Morgan fingerprint density at radius 3 is 2.70 bits per heavy atom. The lowest BCUT2D eigenvalue weighted by atomic mass is 10.2. The normalized spacial score (nSPS) is 18.9. The largest absolute Gasteiger partial charge is 0.369 e. The molecule has 27 heavy (non-hydrogen) atoms. The van der Waals surface area contributed by atoms with Gasteiger partial charge in [0.15, 0.2) is 5.82 Å². The van der Waals surface area contributed by atoms with Gasteiger partial charge in [0, 0.05) is 25.2 Å². The standard InChI is InChI=1S/C16H24ClFN6OS2/c1-3-20(4-2)12-5-6-21(11-12)15-10-14(18)16(9-13(15)17)23(26)27-24(19)25-22-7-8-22/h7-10,12,26H,3-6,11,19H2,1-2H3. The second-order valence-electron chi connectivity index (χ2n) is 6.24. The van der Waals surface area contributed by atoms with Crippen molar-refractivity contribution in [1.82, 2.24) is 14.5 Å². The van der Waals surface area contributed by atoms with Gasteiger partial charge in [-0.25, -0.2) is 19.0 Å². The first-order valence-electron chi connectivity index (χ1n) is 8.77. The summed E-state index contributed by atoms with van der Waals surface area (Å²) in [5.41, 5.74) is 0.905. The monoisotopic (exact) mass is 434 g/mol. The molecule has 2 aliphatic rings. The molecule has 1 unspecified atom stereocenters. The van der Waals surface area contributed by atoms with Gasteiger partial charge in [-0.15, -0.1) is 4.94 Å². The van der Waals surface area contributed by atoms with E-state index in [9.17, 15) is 4.39 Å². The smallest absolute Gasteiger partial charge is 0.150 e. The lowest BCUT2D eigenvalue weighted by Gasteiger charge is -2.27. The van der Waals surface area contributed by atoms with Crippen LogP contribution in [0.15, 0.2) is 24.5 Å². The Bertz CT molecular complexity index is 689. The van der Waals surface area contributed by atoms with Gasteiger partial charge in [0.05, 0.1) is 40.9 Å². The Morgan fingerprint density at radius 2 is 2.07 bits per heavy atom. The van der Waals surface area contributed by atoms with E-state index in [0.29, 0.717) is 16.8 Å². The third-order valence-electron chi connectivity index (χ3n) is 4.66. The molecule has 0 aromatic heterocycles. The number of hydrogen-bond donors (Lipinski definition) is 2. The minimum absolute atomic E-state index is 0.203. The van der Waals surface area contributed by atoms with Crippen molar-refractivity contribution in [3.63, 3.8) is 0 Å². The lowest BCUT2D eigenvalue weighted by molar-refractivity contribution is -0.206. The van der Waals surface area contributed by atoms with Crippen molar-refractivity contribution in [2.75, 3.05) is 34.8 Å². The van der Waals surface area contributed by atoms with E-state index < -0.39 is 5.82 Å². The fourth-order valence-electron chi connectivity index (χ4n) is 3.22. The molecule has 1 aromatic carbocycles. The molecule has 1 fully saturated rings. The summed E-state index contributed by atoms with van der Waals surface area (Å²) in [4.78, 5) is 9.68. The molecule has 0 radical (unpaired) electrons. The molecular weight excluding hydrogens is 411 g/mol. The van der Waals surface area contributed by atoms with Crippen molar-refractivity contribution in [2.24, 2.45) is 5.84 Å². The fraction of sp³-hybridized carbons (Fsp3) is 0.500. The summed E-state index contributed by atoms with van der Waals surface area (Å²) in [6.07, 6.45) is 4.40. The summed E-state index contributed by atoms with van der Waals surface area (Å²) in [5.74, 6) is 5.24. The van der Waals surface area contributed by atoms with Gasteiger partial charge < -0.3 is 4.90 Å². The van der Waals surface area contributed by atoms with E-state index in [1.807, 2.05) is 0 Å². The third kappa shape index (κ3) is 5.14. The molecule has 1 atom stereocenters. The third-order valence-corrected chi connectivity index (χ3v) is 5.97. The Kier molecular flexibility index (Phi) is 7.01. The van der Waals surface area contributed by atoms with Crippen LogP contribution < -0.4 is 14.5 Å². The molecular formula is C16H24ClFN6OS2. The van der Waals surface area contributed by atoms with Gasteiger partial charge >= 0.3 is 0 Å². The van der Waals surface area contributed by atoms with Crippen molar-refractivity contribution in [3.05, 3.63) is 35.4 Å². The van der Waals surface area contributed by atoms with Crippen molar-refractivity contribution < 1.29 is 9.33 Å². The minimum Gasteiger partial charge on any atom is -0.369 e. The number of hydrazine groups is 1. The van der Waals surface area contributed by atoms with Crippen LogP contribution in [0, 0.1) is 5.82 Å². The van der Waals surface area contributed by atoms with Gasteiger partial charge in [-0.1, -0.05) is 38.3 Å². The van der Waals surface area contributed by atoms with Gasteiger partial charge in [-0.2, -0.15) is 0 Å². The minimum atomic E-state index is -0.429. The Balaban J connectivity index is 1.67. The quantitative estimate of drug-likeness (QED) is 0.265. The van der Waals surface area contributed by atoms with E-state index in [0.717, 1.165) is 49.3 Å². The van der Waals surface area contributed by atoms with E-state index in [2.05, 4.69) is 36.5 Å². The molecule has 0 bridgehead atoms. The lowest BCUT2D eigenvalue weighted by Crippen LogP contribution is -2.37. The van der Waals surface area contributed by atoms with E-state index in [4.69, 9.17) is 22.4 Å². The predicted molar refractivity (Wildman–Crippen MR) is 112 cm³/mol. The van der Waals surface area contributed by atoms with Gasteiger partial charge in [0.25, 0.3) is 0 Å². The number of hydrogen-bond acceptors (Lipinski definition) is 9. The number of benzene rings is 1. The summed E-state index contributed by atoms with van der Waals surface area (Å²) in [5, 5.41) is 1.88. The van der Waals surface area contributed by atoms with Crippen molar-refractivity contribution >= 4 is 47.9 Å². The van der Waals surface area contributed by atoms with Crippen molar-refractivity contribution in [3.8, 4) is 0 Å². The van der Waals surface area contributed by atoms with E-state index >= 15 is 0 Å². The molecule has 0 amide bonds. The highest BCUT2D eigenvalue weighted by Crippen LogP contribution is 2.38. The Morgan fingerprint density at radius 1 is 1.37 bits per heavy atom. The number of likely N-dealkylation sites (N-methyl/N-ethyl adjacent to an activating group) is 1. The van der Waals surface area contributed by atoms with Crippen LogP contribution in [0.25, 0.3) is 0 Å². The maximum atomic E-state index is 14.7. The Hall–Kier alpha value is -0.880. The molecule has 1 saturated heterocycles. The SMILES string of the molecule is CCN(CC)C1CCN(c2cc(F)c(N(S)SN(N)ON3C=C3)cc2Cl)C1. The first-order chi connectivity index (χ1) is 12.9. The zero-order valence-electron chi connectivity index (χ0n) is 15.3. The number of rotatable bonds is 9. The molecule has 2 N–H and O–H groups in total. The molecule has 2 heterocycles. The van der Waals surface area contributed by atoms with Crippen LogP contribution in [0.2, 0.25) is 5.02 Å². The highest BCUT2D eigenvalue weighted by atomic mass is 35.5. The summed E-state index contributed by atoms with van der Waals surface area (Å²) < 4.78 is 16.9. The zero-order valence-corrected chi connectivity index (χ0v) is 17.7. The first-order valence-corrected chi connectivity index (χ1v) is 10.3. The first kappa shape index (κ1) is 20.8. The second kappa shape index (κ2) is 9.08. The van der Waals surface area contributed by atoms with Crippen LogP contribution in [0.5, 0.6) is 0 Å². The van der Waals surface area contributed by atoms with Crippen LogP contribution >= 0.6 is 36.5 Å². The van der Waals surface area contributed by atoms with Gasteiger partial charge in [0.2, 0.25) is 0 Å². The van der Waals surface area contributed by atoms with Crippen LogP contribution in [0.3, 0.4) is 0 Å². The summed E-state index contributed by atoms with van der Waals surface area (Å²) in [6, 6.07) is 3.48. The molecule has 7 nitrogen and oxygen atoms in total. The van der Waals surface area contributed by atoms with Gasteiger partial charge in [-0.3, -0.25) is 4.90 Å². The fourth-order valence-corrected chi connectivity index (χ4v) is 4.36. The number of nitrogens with zero attached hydrogens (tertiary/aromatic N) is 5. The molecule has 150 valence electrons. The molecule has 3 rings (SSSR count). The molecule has 0 aliphatic carbocycles. The van der Waals surface area contributed by atoms with E-state index in [1.165, 1.54) is 14.8 Å². The van der Waals surface area contributed by atoms with Crippen molar-refractivity contribution in [1.29, 1.82) is 0 Å². The molecule has 1 aromatic rings. The maximum Gasteiger partial charge on any atom is 0.150 e. The van der Waals surface area contributed by atoms with Gasteiger partial charge in [0.1, 0.15) is 0 Å². The second-order valence-corrected chi connectivity index (χ2v) is 8.21. The summed E-state index contributed by atoms with van der Waals surface area (Å²) >= 11 is 11.6. The number of hydroxylamine groups is 2. The maximum absolute atomic E-state index is 14.7. The van der Waals surface area contributed by atoms with Crippen LogP contribution in [0.4, 0.5) is 15.8 Å². The number of thiol groups is 1. The van der Waals surface area contributed by atoms with Crippen LogP contribution in [-0.4, -0.2) is 46.8 Å². The highest BCUT2D eigenvalue weighted by molar-refractivity contribution is 8.09. The van der Waals surface area contributed by atoms with Crippen molar-refractivity contribution in [2.45, 2.75) is 26.3 Å². The molecule has 0 spiro atoms. The Labute approximate surface area is 174 Å². The van der Waals surface area contributed by atoms with Crippen LogP contribution in [-0.2, 0) is 4.94 Å². The van der Waals surface area contributed by atoms with E-state index in [1.54, 1.807) is 18.5 Å². The highest BCUT2D eigenvalue weighted by Gasteiger charge is 2.28. The van der Waals surface area contributed by atoms with Gasteiger partial charge in [-0.05, 0) is 30.2 Å². The summed E-state index contributed by atoms with van der Waals surface area (Å²) in [7, 11) is 0. The zero-order chi connectivity index (χ0) is 19.6. The number of anilines is 2. The van der Waals surface area contributed by atoms with E-state index in [-0.39, 0.29) is 5.69 Å². The average Bonchev–Trinajstić information content (AvgIpc) is 3.31. The average molecular weight is 435 g/mol. The molecule has 11 heteroatoms. The topological polar surface area (TPSA) is 51.2 Å². The predicted octanol–water partition coefficient (Wildman–Crippen LogP) is 3.42. The number of halogens is 2. The number of nitrogens with two attached hydrogens (primary N) is 1.